The van der Waals surface area contributed by atoms with Crippen LogP contribution in [0.25, 0.3) is 4.96 Å². The first-order valence-electron chi connectivity index (χ1n) is 5.57. The lowest BCUT2D eigenvalue weighted by atomic mass is 10.5. The van der Waals surface area contributed by atoms with Crippen LogP contribution >= 0.6 is 22.9 Å². The van der Waals surface area contributed by atoms with Gasteiger partial charge in [-0.05, 0) is 6.42 Å². The zero-order chi connectivity index (χ0) is 14.0. The van der Waals surface area contributed by atoms with Crippen LogP contribution < -0.4 is 0 Å². The number of thiazole rings is 1. The standard InChI is InChI=1S/C11H12ClN3O2S2/c1-3-5-14(6-4-2)19(16,17)10-9(12)13-11-15(10)7-8-18-11/h1,7-8H,4-6H2,2H3. The van der Waals surface area contributed by atoms with Crippen LogP contribution in [-0.2, 0) is 10.0 Å². The molecule has 0 saturated heterocycles. The number of hydrogen-bond acceptors (Lipinski definition) is 4. The predicted molar refractivity (Wildman–Crippen MR) is 76.0 cm³/mol. The number of nitrogens with zero attached hydrogens (tertiary/aromatic N) is 3. The maximum Gasteiger partial charge on any atom is 0.263 e. The summed E-state index contributed by atoms with van der Waals surface area (Å²) in [5.41, 5.74) is 0. The van der Waals surface area contributed by atoms with E-state index < -0.39 is 10.0 Å². The highest BCUT2D eigenvalue weighted by Crippen LogP contribution is 2.27. The summed E-state index contributed by atoms with van der Waals surface area (Å²) >= 11 is 7.28. The average molecular weight is 318 g/mol. The fourth-order valence-electron chi connectivity index (χ4n) is 1.73. The third kappa shape index (κ3) is 2.49. The Morgan fingerprint density at radius 2 is 2.37 bits per heavy atom. The Morgan fingerprint density at radius 3 is 3.00 bits per heavy atom. The SMILES string of the molecule is C#CCN(CCC)S(=O)(=O)c1c(Cl)nc2sccn12. The lowest BCUT2D eigenvalue weighted by Gasteiger charge is -2.18. The van der Waals surface area contributed by atoms with Gasteiger partial charge in [0.15, 0.2) is 15.1 Å². The van der Waals surface area contributed by atoms with Gasteiger partial charge in [-0.1, -0.05) is 24.4 Å². The Labute approximate surface area is 120 Å². The number of fused-ring (bicyclic) bond motifs is 1. The van der Waals surface area contributed by atoms with E-state index in [4.69, 9.17) is 18.0 Å². The second-order valence-corrected chi connectivity index (χ2v) is 6.89. The molecule has 0 fully saturated rings. The monoisotopic (exact) mass is 317 g/mol. The molecular weight excluding hydrogens is 306 g/mol. The quantitative estimate of drug-likeness (QED) is 0.793. The van der Waals surface area contributed by atoms with Crippen LogP contribution in [0.1, 0.15) is 13.3 Å². The number of aromatic nitrogens is 2. The van der Waals surface area contributed by atoms with Gasteiger partial charge in [-0.15, -0.1) is 17.8 Å². The first-order valence-corrected chi connectivity index (χ1v) is 8.26. The summed E-state index contributed by atoms with van der Waals surface area (Å²) in [6.45, 7) is 2.25. The highest BCUT2D eigenvalue weighted by molar-refractivity contribution is 7.89. The van der Waals surface area contributed by atoms with Crippen molar-refractivity contribution < 1.29 is 8.42 Å². The van der Waals surface area contributed by atoms with E-state index in [0.29, 0.717) is 17.9 Å². The van der Waals surface area contributed by atoms with E-state index in [1.54, 1.807) is 11.6 Å². The summed E-state index contributed by atoms with van der Waals surface area (Å²) in [4.78, 5) is 4.57. The number of hydrogen-bond donors (Lipinski definition) is 0. The highest BCUT2D eigenvalue weighted by Gasteiger charge is 2.30. The molecule has 102 valence electrons. The van der Waals surface area contributed by atoms with Crippen molar-refractivity contribution >= 4 is 37.9 Å². The molecule has 0 aromatic carbocycles. The molecule has 0 atom stereocenters. The van der Waals surface area contributed by atoms with Crippen LogP contribution in [0.5, 0.6) is 0 Å². The molecule has 0 aliphatic carbocycles. The molecule has 0 aliphatic rings. The van der Waals surface area contributed by atoms with E-state index in [1.807, 2.05) is 6.92 Å². The largest absolute Gasteiger partial charge is 0.279 e. The Morgan fingerprint density at radius 1 is 1.63 bits per heavy atom. The molecule has 2 aromatic rings. The van der Waals surface area contributed by atoms with Crippen LogP contribution in [0, 0.1) is 12.3 Å². The van der Waals surface area contributed by atoms with Crippen molar-refractivity contribution in [2.24, 2.45) is 0 Å². The van der Waals surface area contributed by atoms with Gasteiger partial charge < -0.3 is 0 Å². The summed E-state index contributed by atoms with van der Waals surface area (Å²) in [7, 11) is -3.74. The molecule has 0 spiro atoms. The number of sulfonamides is 1. The van der Waals surface area contributed by atoms with Gasteiger partial charge in [-0.3, -0.25) is 4.40 Å². The maximum absolute atomic E-state index is 12.6. The van der Waals surface area contributed by atoms with Gasteiger partial charge in [0, 0.05) is 18.1 Å². The molecule has 0 bridgehead atoms. The zero-order valence-corrected chi connectivity index (χ0v) is 12.6. The molecule has 0 amide bonds. The fourth-order valence-corrected chi connectivity index (χ4v) is 4.58. The Bertz CT molecular complexity index is 727. The van der Waals surface area contributed by atoms with Gasteiger partial charge in [0.1, 0.15) is 0 Å². The van der Waals surface area contributed by atoms with Crippen molar-refractivity contribution in [1.82, 2.24) is 13.7 Å². The molecule has 0 radical (unpaired) electrons. The molecule has 5 nitrogen and oxygen atoms in total. The maximum atomic E-state index is 12.6. The van der Waals surface area contributed by atoms with Crippen LogP contribution in [-0.4, -0.2) is 35.2 Å². The lowest BCUT2D eigenvalue weighted by Crippen LogP contribution is -2.33. The van der Waals surface area contributed by atoms with E-state index in [0.717, 1.165) is 0 Å². The van der Waals surface area contributed by atoms with E-state index in [1.165, 1.54) is 20.0 Å². The second-order valence-electron chi connectivity index (χ2n) is 3.81. The molecule has 0 saturated carbocycles. The molecule has 19 heavy (non-hydrogen) atoms. The topological polar surface area (TPSA) is 54.7 Å². The van der Waals surface area contributed by atoms with Crippen LogP contribution in [0.3, 0.4) is 0 Å². The number of rotatable bonds is 5. The zero-order valence-electron chi connectivity index (χ0n) is 10.2. The smallest absolute Gasteiger partial charge is 0.263 e. The Kier molecular flexibility index (Phi) is 4.16. The molecule has 8 heteroatoms. The Hall–Kier alpha value is -1.07. The van der Waals surface area contributed by atoms with Gasteiger partial charge in [-0.2, -0.15) is 4.31 Å². The second kappa shape index (κ2) is 5.51. The van der Waals surface area contributed by atoms with Gasteiger partial charge in [0.2, 0.25) is 0 Å². The van der Waals surface area contributed by atoms with Gasteiger partial charge in [0.05, 0.1) is 6.54 Å². The minimum Gasteiger partial charge on any atom is -0.279 e. The lowest BCUT2D eigenvalue weighted by molar-refractivity contribution is 0.443. The normalized spacial score (nSPS) is 12.1. The van der Waals surface area contributed by atoms with Gasteiger partial charge in [0.25, 0.3) is 10.0 Å². The van der Waals surface area contributed by atoms with E-state index in [2.05, 4.69) is 10.9 Å². The number of imidazole rings is 1. The molecular formula is C11H12ClN3O2S2. The third-order valence-corrected chi connectivity index (χ3v) is 5.51. The van der Waals surface area contributed by atoms with E-state index in [-0.39, 0.29) is 16.7 Å². The van der Waals surface area contributed by atoms with Crippen molar-refractivity contribution in [1.29, 1.82) is 0 Å². The molecule has 2 rings (SSSR count). The summed E-state index contributed by atoms with van der Waals surface area (Å²) in [5, 5.41) is 1.71. The van der Waals surface area contributed by atoms with Crippen LogP contribution in [0.15, 0.2) is 16.6 Å². The molecule has 2 aromatic heterocycles. The van der Waals surface area contributed by atoms with E-state index >= 15 is 0 Å². The first-order chi connectivity index (χ1) is 9.02. The van der Waals surface area contributed by atoms with Crippen molar-refractivity contribution in [3.8, 4) is 12.3 Å². The molecule has 0 unspecified atom stereocenters. The van der Waals surface area contributed by atoms with Crippen molar-refractivity contribution in [2.45, 2.75) is 18.4 Å². The molecule has 2 heterocycles. The van der Waals surface area contributed by atoms with Gasteiger partial charge >= 0.3 is 0 Å². The van der Waals surface area contributed by atoms with Gasteiger partial charge in [-0.25, -0.2) is 13.4 Å². The minimum atomic E-state index is -3.74. The number of terminal acetylenes is 1. The fraction of sp³-hybridized carbons (Fsp3) is 0.364. The Balaban J connectivity index is 2.57. The molecule has 0 aliphatic heterocycles. The summed E-state index contributed by atoms with van der Waals surface area (Å²) in [5.74, 6) is 2.36. The summed E-state index contributed by atoms with van der Waals surface area (Å²) in [6.07, 6.45) is 7.53. The number of halogens is 1. The first kappa shape index (κ1) is 14.3. The van der Waals surface area contributed by atoms with E-state index in [9.17, 15) is 8.42 Å². The third-order valence-electron chi connectivity index (χ3n) is 2.50. The highest BCUT2D eigenvalue weighted by atomic mass is 35.5. The van der Waals surface area contributed by atoms with Crippen LogP contribution in [0.2, 0.25) is 5.15 Å². The summed E-state index contributed by atoms with van der Waals surface area (Å²) in [6, 6.07) is 0. The van der Waals surface area contributed by atoms with Crippen molar-refractivity contribution in [3.05, 3.63) is 16.7 Å². The van der Waals surface area contributed by atoms with Crippen molar-refractivity contribution in [2.75, 3.05) is 13.1 Å². The van der Waals surface area contributed by atoms with Crippen molar-refractivity contribution in [3.63, 3.8) is 0 Å². The molecule has 0 N–H and O–H groups in total. The predicted octanol–water partition coefficient (Wildman–Crippen LogP) is 2.08. The van der Waals surface area contributed by atoms with Crippen LogP contribution in [0.4, 0.5) is 0 Å². The summed E-state index contributed by atoms with van der Waals surface area (Å²) < 4.78 is 27.9. The minimum absolute atomic E-state index is 0.0177. The average Bonchev–Trinajstić information content (AvgIpc) is 2.87.